The number of nitrogens with one attached hydrogen (secondary N) is 1. The zero-order chi connectivity index (χ0) is 13.2. The number of benzene rings is 1. The number of rotatable bonds is 3. The van der Waals surface area contributed by atoms with E-state index in [1.54, 1.807) is 0 Å². The minimum absolute atomic E-state index is 0.0237. The van der Waals surface area contributed by atoms with Gasteiger partial charge in [0.2, 0.25) is 0 Å². The van der Waals surface area contributed by atoms with Crippen molar-refractivity contribution >= 4 is 21.8 Å². The molecule has 1 N–H and O–H groups in total. The standard InChI is InChI=1S/C14H20BrNO/c1-9-6-7-12(8-10(9)2)13(17)16-14(4,5)11(3)15/h6-8,11H,1-5H3,(H,16,17). The number of hydrogen-bond acceptors (Lipinski definition) is 1. The fourth-order valence-corrected chi connectivity index (χ4v) is 1.46. The molecule has 94 valence electrons. The summed E-state index contributed by atoms with van der Waals surface area (Å²) in [4.78, 5) is 12.3. The molecule has 1 aromatic carbocycles. The van der Waals surface area contributed by atoms with Crippen LogP contribution in [0.1, 0.15) is 42.3 Å². The first-order valence-corrected chi connectivity index (χ1v) is 6.69. The molecule has 0 saturated heterocycles. The molecule has 2 nitrogen and oxygen atoms in total. The van der Waals surface area contributed by atoms with Gasteiger partial charge < -0.3 is 5.32 Å². The molecule has 0 radical (unpaired) electrons. The quantitative estimate of drug-likeness (QED) is 0.849. The molecule has 1 unspecified atom stereocenters. The van der Waals surface area contributed by atoms with Crippen molar-refractivity contribution in [3.63, 3.8) is 0 Å². The summed E-state index contributed by atoms with van der Waals surface area (Å²) in [6.07, 6.45) is 0. The molecule has 0 bridgehead atoms. The van der Waals surface area contributed by atoms with E-state index in [0.29, 0.717) is 5.56 Å². The molecule has 1 aromatic rings. The largest absolute Gasteiger partial charge is 0.346 e. The second kappa shape index (κ2) is 5.21. The molecule has 3 heteroatoms. The Bertz CT molecular complexity index is 424. The summed E-state index contributed by atoms with van der Waals surface area (Å²) in [5.74, 6) is -0.0237. The minimum atomic E-state index is -0.268. The van der Waals surface area contributed by atoms with Crippen molar-refractivity contribution in [3.8, 4) is 0 Å². The molecule has 0 aliphatic rings. The molecule has 0 aliphatic heterocycles. The average molecular weight is 298 g/mol. The van der Waals surface area contributed by atoms with Gasteiger partial charge in [-0.25, -0.2) is 0 Å². The lowest BCUT2D eigenvalue weighted by molar-refractivity contribution is 0.0914. The second-order valence-corrected chi connectivity index (χ2v) is 6.46. The highest BCUT2D eigenvalue weighted by Gasteiger charge is 2.26. The Balaban J connectivity index is 2.87. The maximum atomic E-state index is 12.1. The molecule has 17 heavy (non-hydrogen) atoms. The minimum Gasteiger partial charge on any atom is -0.346 e. The Morgan fingerprint density at radius 1 is 1.29 bits per heavy atom. The van der Waals surface area contributed by atoms with Crippen LogP contribution in [-0.2, 0) is 0 Å². The van der Waals surface area contributed by atoms with Crippen molar-refractivity contribution in [1.82, 2.24) is 5.32 Å². The molecule has 1 amide bonds. The number of alkyl halides is 1. The number of halogens is 1. The molecule has 1 rings (SSSR count). The zero-order valence-electron chi connectivity index (χ0n) is 11.1. The summed E-state index contributed by atoms with van der Waals surface area (Å²) in [5, 5.41) is 3.03. The van der Waals surface area contributed by atoms with E-state index in [0.717, 1.165) is 5.56 Å². The van der Waals surface area contributed by atoms with Crippen LogP contribution in [0.25, 0.3) is 0 Å². The van der Waals surface area contributed by atoms with Gasteiger partial charge in [-0.1, -0.05) is 28.9 Å². The van der Waals surface area contributed by atoms with Crippen LogP contribution in [0.5, 0.6) is 0 Å². The van der Waals surface area contributed by atoms with Crippen LogP contribution in [0.4, 0.5) is 0 Å². The van der Waals surface area contributed by atoms with Gasteiger partial charge in [-0.05, 0) is 51.0 Å². The highest BCUT2D eigenvalue weighted by atomic mass is 79.9. The van der Waals surface area contributed by atoms with Crippen molar-refractivity contribution in [3.05, 3.63) is 34.9 Å². The number of amides is 1. The van der Waals surface area contributed by atoms with Gasteiger partial charge in [0.25, 0.3) is 5.91 Å². The van der Waals surface area contributed by atoms with E-state index in [2.05, 4.69) is 21.2 Å². The first kappa shape index (κ1) is 14.2. The lowest BCUT2D eigenvalue weighted by atomic mass is 10.00. The van der Waals surface area contributed by atoms with Gasteiger partial charge >= 0.3 is 0 Å². The highest BCUT2D eigenvalue weighted by Crippen LogP contribution is 2.18. The van der Waals surface area contributed by atoms with Crippen LogP contribution in [0.15, 0.2) is 18.2 Å². The van der Waals surface area contributed by atoms with E-state index in [9.17, 15) is 4.79 Å². The molecular weight excluding hydrogens is 278 g/mol. The molecule has 0 spiro atoms. The molecular formula is C14H20BrNO. The summed E-state index contributed by atoms with van der Waals surface area (Å²) < 4.78 is 0. The monoisotopic (exact) mass is 297 g/mol. The van der Waals surface area contributed by atoms with Crippen LogP contribution >= 0.6 is 15.9 Å². The summed E-state index contributed by atoms with van der Waals surface area (Å²) in [5.41, 5.74) is 2.79. The van der Waals surface area contributed by atoms with Crippen LogP contribution < -0.4 is 5.32 Å². The third kappa shape index (κ3) is 3.56. The Morgan fingerprint density at radius 3 is 2.35 bits per heavy atom. The smallest absolute Gasteiger partial charge is 0.251 e. The van der Waals surface area contributed by atoms with Crippen LogP contribution in [0, 0.1) is 13.8 Å². The van der Waals surface area contributed by atoms with Gasteiger partial charge in [0, 0.05) is 15.9 Å². The predicted octanol–water partition coefficient (Wildman–Crippen LogP) is 3.60. The lowest BCUT2D eigenvalue weighted by Crippen LogP contribution is -2.48. The molecule has 0 fully saturated rings. The summed E-state index contributed by atoms with van der Waals surface area (Å²) >= 11 is 3.51. The summed E-state index contributed by atoms with van der Waals surface area (Å²) in [6.45, 7) is 10.1. The first-order valence-electron chi connectivity index (χ1n) is 5.78. The van der Waals surface area contributed by atoms with Crippen LogP contribution in [-0.4, -0.2) is 16.3 Å². The fourth-order valence-electron chi connectivity index (χ4n) is 1.35. The van der Waals surface area contributed by atoms with E-state index in [1.165, 1.54) is 5.56 Å². The molecule has 1 atom stereocenters. The van der Waals surface area contributed by atoms with Gasteiger partial charge in [0.1, 0.15) is 0 Å². The Morgan fingerprint density at radius 2 is 1.88 bits per heavy atom. The topological polar surface area (TPSA) is 29.1 Å². The van der Waals surface area contributed by atoms with Crippen LogP contribution in [0.3, 0.4) is 0 Å². The molecule has 0 saturated carbocycles. The van der Waals surface area contributed by atoms with Crippen molar-refractivity contribution in [2.24, 2.45) is 0 Å². The van der Waals surface area contributed by atoms with Crippen LogP contribution in [0.2, 0.25) is 0 Å². The average Bonchev–Trinajstić information content (AvgIpc) is 2.21. The second-order valence-electron chi connectivity index (χ2n) is 5.09. The molecule has 0 aromatic heterocycles. The highest BCUT2D eigenvalue weighted by molar-refractivity contribution is 9.09. The van der Waals surface area contributed by atoms with Crippen molar-refractivity contribution in [1.29, 1.82) is 0 Å². The molecule has 0 heterocycles. The number of carbonyl (C=O) groups is 1. The molecule has 0 aliphatic carbocycles. The van der Waals surface area contributed by atoms with Gasteiger partial charge in [0.15, 0.2) is 0 Å². The third-order valence-corrected chi connectivity index (χ3v) is 4.34. The number of aryl methyl sites for hydroxylation is 2. The van der Waals surface area contributed by atoms with Crippen molar-refractivity contribution < 1.29 is 4.79 Å². The number of hydrogen-bond donors (Lipinski definition) is 1. The van der Waals surface area contributed by atoms with Gasteiger partial charge in [-0.3, -0.25) is 4.79 Å². The normalized spacial score (nSPS) is 13.3. The summed E-state index contributed by atoms with van der Waals surface area (Å²) in [7, 11) is 0. The Kier molecular flexibility index (Phi) is 4.36. The third-order valence-electron chi connectivity index (χ3n) is 3.20. The summed E-state index contributed by atoms with van der Waals surface area (Å²) in [6, 6.07) is 5.78. The van der Waals surface area contributed by atoms with Gasteiger partial charge in [-0.15, -0.1) is 0 Å². The fraction of sp³-hybridized carbons (Fsp3) is 0.500. The zero-order valence-corrected chi connectivity index (χ0v) is 12.7. The number of carbonyl (C=O) groups excluding carboxylic acids is 1. The van der Waals surface area contributed by atoms with E-state index >= 15 is 0 Å². The predicted molar refractivity (Wildman–Crippen MR) is 75.9 cm³/mol. The Labute approximate surface area is 112 Å². The first-order chi connectivity index (χ1) is 7.74. The maximum absolute atomic E-state index is 12.1. The maximum Gasteiger partial charge on any atom is 0.251 e. The van der Waals surface area contributed by atoms with E-state index in [4.69, 9.17) is 0 Å². The van der Waals surface area contributed by atoms with Crippen molar-refractivity contribution in [2.75, 3.05) is 0 Å². The van der Waals surface area contributed by atoms with E-state index in [-0.39, 0.29) is 16.3 Å². The van der Waals surface area contributed by atoms with E-state index < -0.39 is 0 Å². The lowest BCUT2D eigenvalue weighted by Gasteiger charge is -2.29. The Hall–Kier alpha value is -0.830. The van der Waals surface area contributed by atoms with Gasteiger partial charge in [0.05, 0.1) is 0 Å². The SMILES string of the molecule is Cc1ccc(C(=O)NC(C)(C)C(C)Br)cc1C. The van der Waals surface area contributed by atoms with Gasteiger partial charge in [-0.2, -0.15) is 0 Å². The van der Waals surface area contributed by atoms with E-state index in [1.807, 2.05) is 52.8 Å². The van der Waals surface area contributed by atoms with Crippen molar-refractivity contribution in [2.45, 2.75) is 45.0 Å².